The van der Waals surface area contributed by atoms with Gasteiger partial charge in [-0.2, -0.15) is 5.10 Å². The maximum absolute atomic E-state index is 11.9. The number of aromatic nitrogens is 2. The molecule has 1 aromatic heterocycles. The van der Waals surface area contributed by atoms with Gasteiger partial charge in [0.2, 0.25) is 0 Å². The average Bonchev–Trinajstić information content (AvgIpc) is 2.99. The Balaban J connectivity index is 1.46. The second kappa shape index (κ2) is 7.17. The molecule has 2 N–H and O–H groups in total. The fourth-order valence-electron chi connectivity index (χ4n) is 2.87. The first-order valence-corrected chi connectivity index (χ1v) is 7.99. The Hall–Kier alpha value is -2.50. The maximum atomic E-state index is 11.9. The van der Waals surface area contributed by atoms with Gasteiger partial charge in [-0.3, -0.25) is 4.68 Å². The molecule has 0 spiro atoms. The van der Waals surface area contributed by atoms with Crippen molar-refractivity contribution < 1.29 is 9.53 Å². The predicted octanol–water partition coefficient (Wildman–Crippen LogP) is 2.59. The van der Waals surface area contributed by atoms with Crippen molar-refractivity contribution in [1.29, 1.82) is 0 Å². The molecule has 0 saturated heterocycles. The lowest BCUT2D eigenvalue weighted by molar-refractivity contribution is 0.251. The molecule has 1 aliphatic rings. The van der Waals surface area contributed by atoms with Crippen molar-refractivity contribution in [2.24, 2.45) is 0 Å². The van der Waals surface area contributed by atoms with E-state index in [0.717, 1.165) is 24.3 Å². The molecule has 0 bridgehead atoms. The van der Waals surface area contributed by atoms with Gasteiger partial charge in [0.25, 0.3) is 0 Å². The number of carbonyl (C=O) groups is 1. The van der Waals surface area contributed by atoms with Crippen LogP contribution < -0.4 is 15.4 Å². The van der Waals surface area contributed by atoms with E-state index in [2.05, 4.69) is 15.7 Å². The monoisotopic (exact) mass is 314 g/mol. The summed E-state index contributed by atoms with van der Waals surface area (Å²) in [5, 5.41) is 10.1. The number of urea groups is 1. The summed E-state index contributed by atoms with van der Waals surface area (Å²) in [5.41, 5.74) is 3.42. The average molecular weight is 314 g/mol. The van der Waals surface area contributed by atoms with Crippen LogP contribution >= 0.6 is 0 Å². The summed E-state index contributed by atoms with van der Waals surface area (Å²) in [4.78, 5) is 11.9. The zero-order valence-corrected chi connectivity index (χ0v) is 13.3. The van der Waals surface area contributed by atoms with E-state index in [9.17, 15) is 4.79 Å². The molecule has 0 fully saturated rings. The summed E-state index contributed by atoms with van der Waals surface area (Å²) in [7, 11) is 1.61. The van der Waals surface area contributed by atoms with Gasteiger partial charge in [-0.1, -0.05) is 0 Å². The molecule has 1 aliphatic carbocycles. The van der Waals surface area contributed by atoms with Crippen LogP contribution in [-0.2, 0) is 19.4 Å². The van der Waals surface area contributed by atoms with E-state index in [4.69, 9.17) is 4.74 Å². The first-order chi connectivity index (χ1) is 11.3. The topological polar surface area (TPSA) is 68.2 Å². The minimum atomic E-state index is -0.212. The third-order valence-corrected chi connectivity index (χ3v) is 4.10. The number of ether oxygens (including phenoxy) is 1. The van der Waals surface area contributed by atoms with Crippen LogP contribution in [0.1, 0.15) is 24.1 Å². The quantitative estimate of drug-likeness (QED) is 0.891. The van der Waals surface area contributed by atoms with Gasteiger partial charge < -0.3 is 15.4 Å². The minimum Gasteiger partial charge on any atom is -0.497 e. The third kappa shape index (κ3) is 3.83. The molecule has 0 atom stereocenters. The molecule has 1 aromatic carbocycles. The number of hydrogen-bond acceptors (Lipinski definition) is 3. The fourth-order valence-corrected chi connectivity index (χ4v) is 2.87. The molecule has 23 heavy (non-hydrogen) atoms. The zero-order valence-electron chi connectivity index (χ0n) is 13.3. The molecule has 2 aromatic rings. The number of methoxy groups -OCH3 is 1. The first-order valence-electron chi connectivity index (χ1n) is 7.99. The molecule has 0 unspecified atom stereocenters. The van der Waals surface area contributed by atoms with Gasteiger partial charge in [-0.25, -0.2) is 4.79 Å². The Morgan fingerprint density at radius 1 is 1.26 bits per heavy atom. The van der Waals surface area contributed by atoms with Crippen LogP contribution in [0, 0.1) is 0 Å². The van der Waals surface area contributed by atoms with Crippen LogP contribution in [0.5, 0.6) is 5.75 Å². The largest absolute Gasteiger partial charge is 0.497 e. The van der Waals surface area contributed by atoms with E-state index < -0.39 is 0 Å². The van der Waals surface area contributed by atoms with Gasteiger partial charge in [0, 0.05) is 17.9 Å². The molecule has 6 heteroatoms. The van der Waals surface area contributed by atoms with Gasteiger partial charge in [0.1, 0.15) is 5.75 Å². The van der Waals surface area contributed by atoms with Crippen molar-refractivity contribution >= 4 is 11.7 Å². The smallest absolute Gasteiger partial charge is 0.319 e. The highest BCUT2D eigenvalue weighted by atomic mass is 16.5. The highest BCUT2D eigenvalue weighted by molar-refractivity contribution is 5.89. The predicted molar refractivity (Wildman–Crippen MR) is 88.9 cm³/mol. The van der Waals surface area contributed by atoms with E-state index in [-0.39, 0.29) is 6.03 Å². The molecule has 122 valence electrons. The third-order valence-electron chi connectivity index (χ3n) is 4.10. The van der Waals surface area contributed by atoms with Crippen molar-refractivity contribution in [2.75, 3.05) is 19.0 Å². The van der Waals surface area contributed by atoms with Gasteiger partial charge in [0.05, 0.1) is 19.9 Å². The normalized spacial score (nSPS) is 13.3. The number of fused-ring (bicyclic) bond motifs is 1. The van der Waals surface area contributed by atoms with Crippen LogP contribution in [0.15, 0.2) is 30.5 Å². The summed E-state index contributed by atoms with van der Waals surface area (Å²) < 4.78 is 7.10. The van der Waals surface area contributed by atoms with E-state index in [1.807, 2.05) is 35.1 Å². The molecule has 0 radical (unpaired) electrons. The second-order valence-corrected chi connectivity index (χ2v) is 5.66. The molecule has 2 amide bonds. The standard InChI is InChI=1S/C17H22N4O2/c1-23-15-8-6-14(7-9-15)20-17(22)18-10-11-21-16-5-3-2-4-13(16)12-19-21/h6-9,12H,2-5,10-11H2,1H3,(H2,18,20,22). The maximum Gasteiger partial charge on any atom is 0.319 e. The van der Waals surface area contributed by atoms with Gasteiger partial charge in [-0.15, -0.1) is 0 Å². The lowest BCUT2D eigenvalue weighted by Gasteiger charge is -2.14. The number of anilines is 1. The Bertz CT molecular complexity index is 664. The van der Waals surface area contributed by atoms with Gasteiger partial charge in [0.15, 0.2) is 0 Å². The summed E-state index contributed by atoms with van der Waals surface area (Å²) in [6, 6.07) is 7.03. The number of aryl methyl sites for hydroxylation is 1. The Morgan fingerprint density at radius 3 is 2.83 bits per heavy atom. The first kappa shape index (κ1) is 15.4. The molecule has 3 rings (SSSR count). The Morgan fingerprint density at radius 2 is 2.04 bits per heavy atom. The summed E-state index contributed by atoms with van der Waals surface area (Å²) in [5.74, 6) is 0.763. The SMILES string of the molecule is COc1ccc(NC(=O)NCCn2ncc3c2CCCC3)cc1. The molecule has 6 nitrogen and oxygen atoms in total. The van der Waals surface area contributed by atoms with Crippen LogP contribution in [0.25, 0.3) is 0 Å². The summed E-state index contributed by atoms with van der Waals surface area (Å²) in [6.07, 6.45) is 6.66. The number of amides is 2. The van der Waals surface area contributed by atoms with Crippen LogP contribution in [0.3, 0.4) is 0 Å². The molecule has 0 aliphatic heterocycles. The number of nitrogens with one attached hydrogen (secondary N) is 2. The van der Waals surface area contributed by atoms with Crippen molar-refractivity contribution in [2.45, 2.75) is 32.2 Å². The van der Waals surface area contributed by atoms with Crippen molar-refractivity contribution in [3.63, 3.8) is 0 Å². The summed E-state index contributed by atoms with van der Waals surface area (Å²) in [6.45, 7) is 1.25. The minimum absolute atomic E-state index is 0.212. The van der Waals surface area contributed by atoms with E-state index in [0.29, 0.717) is 13.1 Å². The second-order valence-electron chi connectivity index (χ2n) is 5.66. The Kier molecular flexibility index (Phi) is 4.80. The molecular weight excluding hydrogens is 292 g/mol. The van der Waals surface area contributed by atoms with Crippen LogP contribution in [0.2, 0.25) is 0 Å². The highest BCUT2D eigenvalue weighted by Gasteiger charge is 2.14. The number of benzene rings is 1. The molecule has 1 heterocycles. The number of hydrogen-bond donors (Lipinski definition) is 2. The van der Waals surface area contributed by atoms with Crippen LogP contribution in [0.4, 0.5) is 10.5 Å². The molecular formula is C17H22N4O2. The molecule has 0 saturated carbocycles. The zero-order chi connectivity index (χ0) is 16.1. The Labute approximate surface area is 135 Å². The number of carbonyl (C=O) groups excluding carboxylic acids is 1. The van der Waals surface area contributed by atoms with Gasteiger partial charge in [-0.05, 0) is 55.5 Å². The number of rotatable bonds is 5. The highest BCUT2D eigenvalue weighted by Crippen LogP contribution is 2.20. The summed E-state index contributed by atoms with van der Waals surface area (Å²) >= 11 is 0. The van der Waals surface area contributed by atoms with Crippen molar-refractivity contribution in [1.82, 2.24) is 15.1 Å². The van der Waals surface area contributed by atoms with Crippen molar-refractivity contribution in [3.8, 4) is 5.75 Å². The van der Waals surface area contributed by atoms with Crippen LogP contribution in [-0.4, -0.2) is 29.5 Å². The van der Waals surface area contributed by atoms with E-state index in [1.54, 1.807) is 7.11 Å². The van der Waals surface area contributed by atoms with E-state index in [1.165, 1.54) is 24.1 Å². The van der Waals surface area contributed by atoms with E-state index >= 15 is 0 Å². The van der Waals surface area contributed by atoms with Crippen molar-refractivity contribution in [3.05, 3.63) is 41.7 Å². The number of nitrogens with zero attached hydrogens (tertiary/aromatic N) is 2. The fraction of sp³-hybridized carbons (Fsp3) is 0.412. The lowest BCUT2D eigenvalue weighted by atomic mass is 9.98. The van der Waals surface area contributed by atoms with Gasteiger partial charge >= 0.3 is 6.03 Å². The lowest BCUT2D eigenvalue weighted by Crippen LogP contribution is -2.32.